The van der Waals surface area contributed by atoms with Gasteiger partial charge >= 0.3 is 0 Å². The largest absolute Gasteiger partial charge is 0.193 e. The van der Waals surface area contributed by atoms with E-state index in [0.717, 1.165) is 21.4 Å². The molecule has 1 aromatic carbocycles. The first-order valence-electron chi connectivity index (χ1n) is 4.27. The van der Waals surface area contributed by atoms with Crippen LogP contribution in [0.1, 0.15) is 13.3 Å². The second-order valence-electron chi connectivity index (χ2n) is 2.68. The van der Waals surface area contributed by atoms with Crippen LogP contribution in [0.2, 0.25) is 0 Å². The van der Waals surface area contributed by atoms with Gasteiger partial charge in [-0.25, -0.2) is 0 Å². The molecule has 1 aromatic rings. The molecule has 0 heterocycles. The van der Waals surface area contributed by atoms with Gasteiger partial charge < -0.3 is 0 Å². The van der Waals surface area contributed by atoms with E-state index in [4.69, 9.17) is 5.26 Å². The standard InChI is InChI=1S/C11H10BrNS/c1-2-9(7-13)8-14-11-5-3-4-10(12)6-11/h3-6,8H,2H2,1H3. The fourth-order valence-electron chi connectivity index (χ4n) is 0.868. The first kappa shape index (κ1) is 11.4. The molecule has 0 bridgehead atoms. The maximum Gasteiger partial charge on any atom is 0.0952 e. The fraction of sp³-hybridized carbons (Fsp3) is 0.182. The van der Waals surface area contributed by atoms with Gasteiger partial charge in [0.2, 0.25) is 0 Å². The Bertz CT molecular complexity index is 379. The number of hydrogen-bond donors (Lipinski definition) is 0. The number of rotatable bonds is 3. The quantitative estimate of drug-likeness (QED) is 0.600. The lowest BCUT2D eigenvalue weighted by Crippen LogP contribution is -1.73. The highest BCUT2D eigenvalue weighted by atomic mass is 79.9. The van der Waals surface area contributed by atoms with Crippen molar-refractivity contribution in [2.75, 3.05) is 0 Å². The molecule has 0 aliphatic carbocycles. The van der Waals surface area contributed by atoms with Crippen LogP contribution in [0, 0.1) is 11.3 Å². The third-order valence-corrected chi connectivity index (χ3v) is 3.08. The van der Waals surface area contributed by atoms with Crippen molar-refractivity contribution in [1.82, 2.24) is 0 Å². The van der Waals surface area contributed by atoms with Crippen LogP contribution in [0.4, 0.5) is 0 Å². The van der Waals surface area contributed by atoms with Crippen LogP contribution in [-0.2, 0) is 0 Å². The van der Waals surface area contributed by atoms with E-state index < -0.39 is 0 Å². The Kier molecular flexibility index (Phi) is 4.78. The molecule has 0 aliphatic heterocycles. The zero-order valence-corrected chi connectivity index (χ0v) is 10.2. The Hall–Kier alpha value is -0.720. The minimum absolute atomic E-state index is 0.789. The van der Waals surface area contributed by atoms with E-state index in [2.05, 4.69) is 22.0 Å². The maximum absolute atomic E-state index is 8.72. The van der Waals surface area contributed by atoms with Gasteiger partial charge in [0.15, 0.2) is 0 Å². The summed E-state index contributed by atoms with van der Waals surface area (Å²) in [6.45, 7) is 1.98. The van der Waals surface area contributed by atoms with Gasteiger partial charge in [-0.2, -0.15) is 5.26 Å². The van der Waals surface area contributed by atoms with Crippen LogP contribution in [0.5, 0.6) is 0 Å². The molecule has 0 amide bonds. The second-order valence-corrected chi connectivity index (χ2v) is 4.54. The molecule has 1 rings (SSSR count). The lowest BCUT2D eigenvalue weighted by atomic mass is 10.3. The summed E-state index contributed by atoms with van der Waals surface area (Å²) in [6, 6.07) is 10.2. The van der Waals surface area contributed by atoms with Gasteiger partial charge in [-0.1, -0.05) is 40.7 Å². The third-order valence-electron chi connectivity index (χ3n) is 1.66. The van der Waals surface area contributed by atoms with Crippen molar-refractivity contribution in [2.24, 2.45) is 0 Å². The van der Waals surface area contributed by atoms with Crippen molar-refractivity contribution >= 4 is 27.7 Å². The number of nitrogens with zero attached hydrogens (tertiary/aromatic N) is 1. The number of hydrogen-bond acceptors (Lipinski definition) is 2. The van der Waals surface area contributed by atoms with Gasteiger partial charge in [0.05, 0.1) is 6.07 Å². The van der Waals surface area contributed by atoms with Gasteiger partial charge in [-0.05, 0) is 30.0 Å². The monoisotopic (exact) mass is 267 g/mol. The first-order chi connectivity index (χ1) is 6.76. The summed E-state index contributed by atoms with van der Waals surface area (Å²) in [5.74, 6) is 0. The Morgan fingerprint density at radius 1 is 1.64 bits per heavy atom. The number of allylic oxidation sites excluding steroid dienone is 1. The smallest absolute Gasteiger partial charge is 0.0952 e. The summed E-state index contributed by atoms with van der Waals surface area (Å²) in [7, 11) is 0. The van der Waals surface area contributed by atoms with Crippen LogP contribution >= 0.6 is 27.7 Å². The summed E-state index contributed by atoms with van der Waals surface area (Å²) in [5.41, 5.74) is 0.815. The van der Waals surface area contributed by atoms with E-state index >= 15 is 0 Å². The number of benzene rings is 1. The molecule has 0 unspecified atom stereocenters. The highest BCUT2D eigenvalue weighted by Crippen LogP contribution is 2.24. The minimum Gasteiger partial charge on any atom is -0.193 e. The van der Waals surface area contributed by atoms with Crippen molar-refractivity contribution in [1.29, 1.82) is 5.26 Å². The average Bonchev–Trinajstić information content (AvgIpc) is 2.19. The SMILES string of the molecule is CCC(C#N)=CSc1cccc(Br)c1. The van der Waals surface area contributed by atoms with Crippen molar-refractivity contribution in [3.8, 4) is 6.07 Å². The van der Waals surface area contributed by atoms with Crippen molar-refractivity contribution in [3.63, 3.8) is 0 Å². The van der Waals surface area contributed by atoms with Crippen LogP contribution in [0.3, 0.4) is 0 Å². The Morgan fingerprint density at radius 2 is 2.43 bits per heavy atom. The first-order valence-corrected chi connectivity index (χ1v) is 5.95. The normalized spacial score (nSPS) is 11.1. The van der Waals surface area contributed by atoms with Crippen LogP contribution in [0.15, 0.2) is 44.6 Å². The van der Waals surface area contributed by atoms with Gasteiger partial charge in [-0.3, -0.25) is 0 Å². The molecule has 0 aliphatic rings. The number of halogens is 1. The van der Waals surface area contributed by atoms with E-state index in [1.165, 1.54) is 0 Å². The molecule has 0 fully saturated rings. The lowest BCUT2D eigenvalue weighted by Gasteiger charge is -1.97. The van der Waals surface area contributed by atoms with E-state index in [9.17, 15) is 0 Å². The summed E-state index contributed by atoms with van der Waals surface area (Å²) in [4.78, 5) is 1.14. The van der Waals surface area contributed by atoms with Crippen molar-refractivity contribution in [3.05, 3.63) is 39.7 Å². The zero-order valence-electron chi connectivity index (χ0n) is 7.83. The summed E-state index contributed by atoms with van der Waals surface area (Å²) >= 11 is 4.98. The molecule has 0 spiro atoms. The third kappa shape index (κ3) is 3.57. The van der Waals surface area contributed by atoms with Gasteiger partial charge in [0.1, 0.15) is 0 Å². The molecule has 3 heteroatoms. The molecular formula is C11H10BrNS. The maximum atomic E-state index is 8.72. The summed E-state index contributed by atoms with van der Waals surface area (Å²) < 4.78 is 1.06. The fourth-order valence-corrected chi connectivity index (χ4v) is 2.27. The minimum atomic E-state index is 0.789. The van der Waals surface area contributed by atoms with E-state index in [-0.39, 0.29) is 0 Å². The van der Waals surface area contributed by atoms with Crippen molar-refractivity contribution in [2.45, 2.75) is 18.2 Å². The second kappa shape index (κ2) is 5.90. The molecule has 0 aromatic heterocycles. The van der Waals surface area contributed by atoms with Gasteiger partial charge in [0.25, 0.3) is 0 Å². The zero-order chi connectivity index (χ0) is 10.4. The predicted octanol–water partition coefficient (Wildman–Crippen LogP) is 4.36. The van der Waals surface area contributed by atoms with Crippen LogP contribution < -0.4 is 0 Å². The predicted molar refractivity (Wildman–Crippen MR) is 64.0 cm³/mol. The molecule has 0 saturated carbocycles. The Labute approximate surface area is 96.9 Å². The van der Waals surface area contributed by atoms with E-state index in [0.29, 0.717) is 0 Å². The molecule has 0 N–H and O–H groups in total. The van der Waals surface area contributed by atoms with Crippen molar-refractivity contribution < 1.29 is 0 Å². The Balaban J connectivity index is 2.71. The van der Waals surface area contributed by atoms with E-state index in [1.807, 2.05) is 36.6 Å². The lowest BCUT2D eigenvalue weighted by molar-refractivity contribution is 1.16. The van der Waals surface area contributed by atoms with E-state index in [1.54, 1.807) is 11.8 Å². The summed E-state index contributed by atoms with van der Waals surface area (Å²) in [5, 5.41) is 10.6. The Morgan fingerprint density at radius 3 is 3.00 bits per heavy atom. The number of thioether (sulfide) groups is 1. The topological polar surface area (TPSA) is 23.8 Å². The highest BCUT2D eigenvalue weighted by molar-refractivity contribution is 9.10. The molecular weight excluding hydrogens is 258 g/mol. The van der Waals surface area contributed by atoms with Crippen LogP contribution in [-0.4, -0.2) is 0 Å². The van der Waals surface area contributed by atoms with Gasteiger partial charge in [0, 0.05) is 14.9 Å². The average molecular weight is 268 g/mol. The van der Waals surface area contributed by atoms with Crippen LogP contribution in [0.25, 0.3) is 0 Å². The molecule has 14 heavy (non-hydrogen) atoms. The number of nitriles is 1. The molecule has 72 valence electrons. The molecule has 0 radical (unpaired) electrons. The van der Waals surface area contributed by atoms with Gasteiger partial charge in [-0.15, -0.1) is 0 Å². The summed E-state index contributed by atoms with van der Waals surface area (Å²) in [6.07, 6.45) is 0.789. The highest BCUT2D eigenvalue weighted by Gasteiger charge is 1.94. The molecule has 1 nitrogen and oxygen atoms in total. The molecule has 0 saturated heterocycles. The molecule has 0 atom stereocenters.